The zero-order chi connectivity index (χ0) is 22.4. The highest BCUT2D eigenvalue weighted by Gasteiger charge is 2.19. The first-order valence-corrected chi connectivity index (χ1v) is 9.02. The van der Waals surface area contributed by atoms with Crippen molar-refractivity contribution in [3.8, 4) is 5.75 Å². The Hall–Kier alpha value is -3.41. The molecular weight excluding hydrogens is 418 g/mol. The number of aromatic nitrogens is 2. The van der Waals surface area contributed by atoms with Gasteiger partial charge in [0, 0.05) is 18.8 Å². The second-order valence-corrected chi connectivity index (χ2v) is 6.64. The fourth-order valence-electron chi connectivity index (χ4n) is 2.21. The molecule has 0 spiro atoms. The van der Waals surface area contributed by atoms with Gasteiger partial charge in [-0.05, 0) is 44.3 Å². The number of thiocarbonyl (C=S) groups is 1. The van der Waals surface area contributed by atoms with Gasteiger partial charge in [0.2, 0.25) is 0 Å². The Labute approximate surface area is 176 Å². The van der Waals surface area contributed by atoms with Gasteiger partial charge in [0.15, 0.2) is 16.8 Å². The molecule has 0 aliphatic rings. The third kappa shape index (κ3) is 6.04. The number of pyridine rings is 2. The topological polar surface area (TPSA) is 126 Å². The molecule has 0 unspecified atom stereocenters. The number of anilines is 2. The molecular formula is C18H20F2N6O3S. The van der Waals surface area contributed by atoms with Gasteiger partial charge >= 0.3 is 6.09 Å². The number of carbonyl (C=O) groups is 1. The molecule has 0 aliphatic carbocycles. The van der Waals surface area contributed by atoms with Crippen LogP contribution in [-0.2, 0) is 0 Å². The van der Waals surface area contributed by atoms with Crippen LogP contribution in [0.4, 0.5) is 25.1 Å². The lowest BCUT2D eigenvalue weighted by molar-refractivity contribution is 0.151. The maximum atomic E-state index is 13.0. The van der Waals surface area contributed by atoms with Crippen LogP contribution >= 0.6 is 12.2 Å². The molecule has 1 amide bonds. The van der Waals surface area contributed by atoms with Crippen LogP contribution in [0.2, 0.25) is 0 Å². The van der Waals surface area contributed by atoms with E-state index in [1.807, 2.05) is 13.8 Å². The standard InChI is InChI=1S/C18H20F2N6O3S/c1-9(2)29-11-4-5-12(22-8-11)15(21)24-17(30)25-16-13(26(3)18(27)28)6-10(7-23-16)14(19)20/h4-9,14H,1-3H3,(H,27,28)(H3,21,23,24,25,30). The van der Waals surface area contributed by atoms with Gasteiger partial charge in [0.25, 0.3) is 6.43 Å². The van der Waals surface area contributed by atoms with Gasteiger partial charge in [0.1, 0.15) is 11.4 Å². The summed E-state index contributed by atoms with van der Waals surface area (Å²) < 4.78 is 31.4. The molecule has 0 fully saturated rings. The number of halogens is 2. The Morgan fingerprint density at radius 1 is 1.33 bits per heavy atom. The lowest BCUT2D eigenvalue weighted by Crippen LogP contribution is -2.26. The number of carboxylic acid groups (broad SMARTS) is 1. The molecule has 0 aromatic carbocycles. The van der Waals surface area contributed by atoms with E-state index in [9.17, 15) is 18.7 Å². The van der Waals surface area contributed by atoms with Crippen LogP contribution in [0.25, 0.3) is 0 Å². The summed E-state index contributed by atoms with van der Waals surface area (Å²) in [4.78, 5) is 24.0. The summed E-state index contributed by atoms with van der Waals surface area (Å²) in [5.41, 5.74) is 5.68. The van der Waals surface area contributed by atoms with Crippen LogP contribution < -0.4 is 20.7 Å². The summed E-state index contributed by atoms with van der Waals surface area (Å²) >= 11 is 5.11. The Morgan fingerprint density at radius 3 is 2.57 bits per heavy atom. The lowest BCUT2D eigenvalue weighted by Gasteiger charge is -2.18. The Kier molecular flexibility index (Phi) is 7.53. The Balaban J connectivity index is 2.23. The van der Waals surface area contributed by atoms with E-state index in [4.69, 9.17) is 22.7 Å². The summed E-state index contributed by atoms with van der Waals surface area (Å²) in [5, 5.41) is 11.6. The van der Waals surface area contributed by atoms with Crippen molar-refractivity contribution in [2.75, 3.05) is 17.3 Å². The minimum absolute atomic E-state index is 0.0115. The first-order chi connectivity index (χ1) is 14.1. The monoisotopic (exact) mass is 438 g/mol. The average Bonchev–Trinajstić information content (AvgIpc) is 2.67. The molecule has 12 heteroatoms. The fraction of sp³-hybridized carbons (Fsp3) is 0.278. The van der Waals surface area contributed by atoms with Gasteiger partial charge < -0.3 is 20.9 Å². The van der Waals surface area contributed by atoms with Gasteiger partial charge in [-0.25, -0.2) is 28.5 Å². The van der Waals surface area contributed by atoms with Crippen molar-refractivity contribution in [2.24, 2.45) is 10.7 Å². The van der Waals surface area contributed by atoms with Crippen LogP contribution in [0, 0.1) is 0 Å². The fourth-order valence-corrected chi connectivity index (χ4v) is 2.41. The molecule has 0 radical (unpaired) electrons. The second-order valence-electron chi connectivity index (χ2n) is 6.25. The van der Waals surface area contributed by atoms with E-state index in [2.05, 4.69) is 20.3 Å². The number of alkyl halides is 2. The van der Waals surface area contributed by atoms with Crippen molar-refractivity contribution in [1.29, 1.82) is 0 Å². The Morgan fingerprint density at radius 2 is 2.03 bits per heavy atom. The number of hydrogen-bond acceptors (Lipinski definition) is 5. The number of nitrogens with two attached hydrogens (primary N) is 1. The quantitative estimate of drug-likeness (QED) is 0.356. The van der Waals surface area contributed by atoms with E-state index in [-0.39, 0.29) is 28.6 Å². The number of aliphatic imine (C=N–C) groups is 1. The number of nitrogens with zero attached hydrogens (tertiary/aromatic N) is 4. The third-order valence-electron chi connectivity index (χ3n) is 3.61. The first kappa shape index (κ1) is 22.9. The SMILES string of the molecule is CC(C)Oc1ccc(C(N)=NC(=S)Nc2ncc(C(F)F)cc2N(C)C(=O)O)nc1. The van der Waals surface area contributed by atoms with Crippen molar-refractivity contribution in [1.82, 2.24) is 9.97 Å². The molecule has 0 saturated carbocycles. The lowest BCUT2D eigenvalue weighted by atomic mass is 10.2. The molecule has 0 aliphatic heterocycles. The van der Waals surface area contributed by atoms with Crippen molar-refractivity contribution >= 4 is 40.8 Å². The van der Waals surface area contributed by atoms with Crippen LogP contribution in [-0.4, -0.2) is 45.3 Å². The molecule has 9 nitrogen and oxygen atoms in total. The molecule has 0 bridgehead atoms. The highest BCUT2D eigenvalue weighted by Crippen LogP contribution is 2.28. The third-order valence-corrected chi connectivity index (χ3v) is 3.80. The summed E-state index contributed by atoms with van der Waals surface area (Å²) in [6.45, 7) is 3.76. The van der Waals surface area contributed by atoms with Gasteiger partial charge in [-0.1, -0.05) is 0 Å². The molecule has 0 saturated heterocycles. The zero-order valence-corrected chi connectivity index (χ0v) is 17.2. The predicted octanol–water partition coefficient (Wildman–Crippen LogP) is 3.42. The van der Waals surface area contributed by atoms with Crippen molar-refractivity contribution in [3.05, 3.63) is 41.9 Å². The van der Waals surface area contributed by atoms with Gasteiger partial charge in [-0.15, -0.1) is 0 Å². The molecule has 4 N–H and O–H groups in total. The Bertz CT molecular complexity index is 953. The number of amides is 1. The van der Waals surface area contributed by atoms with Crippen LogP contribution in [0.3, 0.4) is 0 Å². The summed E-state index contributed by atoms with van der Waals surface area (Å²) in [6, 6.07) is 4.27. The highest BCUT2D eigenvalue weighted by atomic mass is 32.1. The van der Waals surface area contributed by atoms with Crippen molar-refractivity contribution < 1.29 is 23.4 Å². The zero-order valence-electron chi connectivity index (χ0n) is 16.3. The van der Waals surface area contributed by atoms with E-state index < -0.39 is 18.1 Å². The smallest absolute Gasteiger partial charge is 0.411 e. The normalized spacial score (nSPS) is 11.5. The van der Waals surface area contributed by atoms with Gasteiger partial charge in [-0.2, -0.15) is 0 Å². The molecule has 2 aromatic heterocycles. The number of nitrogens with one attached hydrogen (secondary N) is 1. The molecule has 2 aromatic rings. The van der Waals surface area contributed by atoms with E-state index in [0.717, 1.165) is 17.2 Å². The summed E-state index contributed by atoms with van der Waals surface area (Å²) in [5.74, 6) is 0.479. The van der Waals surface area contributed by atoms with Crippen LogP contribution in [0.15, 0.2) is 35.6 Å². The minimum atomic E-state index is -2.82. The number of rotatable bonds is 6. The van der Waals surface area contributed by atoms with E-state index in [1.165, 1.54) is 13.2 Å². The second kappa shape index (κ2) is 9.87. The van der Waals surface area contributed by atoms with Crippen molar-refractivity contribution in [3.63, 3.8) is 0 Å². The van der Waals surface area contributed by atoms with E-state index in [1.54, 1.807) is 12.1 Å². The molecule has 30 heavy (non-hydrogen) atoms. The van der Waals surface area contributed by atoms with Crippen molar-refractivity contribution in [2.45, 2.75) is 26.4 Å². The summed E-state index contributed by atoms with van der Waals surface area (Å²) in [6.07, 6.45) is -1.80. The molecule has 160 valence electrons. The van der Waals surface area contributed by atoms with E-state index in [0.29, 0.717) is 11.4 Å². The average molecular weight is 438 g/mol. The number of hydrogen-bond donors (Lipinski definition) is 3. The molecule has 2 heterocycles. The number of ether oxygens (including phenoxy) is 1. The maximum absolute atomic E-state index is 13.0. The minimum Gasteiger partial charge on any atom is -0.489 e. The number of amidine groups is 1. The van der Waals surface area contributed by atoms with Gasteiger partial charge in [-0.3, -0.25) is 4.90 Å². The highest BCUT2D eigenvalue weighted by molar-refractivity contribution is 7.80. The van der Waals surface area contributed by atoms with Crippen LogP contribution in [0.1, 0.15) is 31.5 Å². The van der Waals surface area contributed by atoms with E-state index >= 15 is 0 Å². The maximum Gasteiger partial charge on any atom is 0.411 e. The molecule has 2 rings (SSSR count). The predicted molar refractivity (Wildman–Crippen MR) is 113 cm³/mol. The van der Waals surface area contributed by atoms with Crippen LogP contribution in [0.5, 0.6) is 5.75 Å². The first-order valence-electron chi connectivity index (χ1n) is 8.61. The largest absolute Gasteiger partial charge is 0.489 e. The van der Waals surface area contributed by atoms with Gasteiger partial charge in [0.05, 0.1) is 18.0 Å². The summed E-state index contributed by atoms with van der Waals surface area (Å²) in [7, 11) is 1.19. The molecule has 0 atom stereocenters.